The summed E-state index contributed by atoms with van der Waals surface area (Å²) in [6, 6.07) is 16.1. The molecule has 4 rings (SSSR count). The van der Waals surface area contributed by atoms with E-state index in [2.05, 4.69) is 0 Å². The van der Waals surface area contributed by atoms with E-state index >= 15 is 0 Å². The molecule has 0 aliphatic carbocycles. The van der Waals surface area contributed by atoms with E-state index in [0.717, 1.165) is 11.1 Å². The zero-order chi connectivity index (χ0) is 27.1. The molecule has 9 heteroatoms. The Morgan fingerprint density at radius 1 is 0.868 bits per heavy atom. The summed E-state index contributed by atoms with van der Waals surface area (Å²) < 4.78 is 5.49. The molecule has 0 saturated carbocycles. The molecule has 2 aromatic carbocycles. The number of aliphatic carboxylic acids is 1. The SMILES string of the molecule is N[C@@H](CC(Cc1ccccc1)C(=O)O)C(=O)N1CCC[C@H]1C(=O)N1CCC[C@H]1C(=O)OCc1ccccc1. The Morgan fingerprint density at radius 3 is 2.08 bits per heavy atom. The second-order valence-electron chi connectivity index (χ2n) is 10.0. The Morgan fingerprint density at radius 2 is 1.45 bits per heavy atom. The van der Waals surface area contributed by atoms with Gasteiger partial charge in [-0.25, -0.2) is 4.79 Å². The number of hydrogen-bond donors (Lipinski definition) is 2. The zero-order valence-electron chi connectivity index (χ0n) is 21.4. The normalized spacial score (nSPS) is 20.7. The topological polar surface area (TPSA) is 130 Å². The van der Waals surface area contributed by atoms with Crippen molar-refractivity contribution in [3.63, 3.8) is 0 Å². The maximum Gasteiger partial charge on any atom is 0.329 e. The Bertz CT molecular complexity index is 1130. The molecule has 9 nitrogen and oxygen atoms in total. The Labute approximate surface area is 222 Å². The first-order valence-corrected chi connectivity index (χ1v) is 13.2. The van der Waals surface area contributed by atoms with E-state index in [0.29, 0.717) is 38.8 Å². The number of ether oxygens (including phenoxy) is 1. The van der Waals surface area contributed by atoms with Gasteiger partial charge in [-0.05, 0) is 49.7 Å². The molecule has 0 aromatic heterocycles. The number of carboxylic acids is 1. The van der Waals surface area contributed by atoms with Crippen molar-refractivity contribution in [3.8, 4) is 0 Å². The van der Waals surface area contributed by atoms with Crippen LogP contribution in [0, 0.1) is 5.92 Å². The fourth-order valence-corrected chi connectivity index (χ4v) is 5.37. The monoisotopic (exact) mass is 521 g/mol. The fourth-order valence-electron chi connectivity index (χ4n) is 5.37. The molecule has 0 radical (unpaired) electrons. The third-order valence-electron chi connectivity index (χ3n) is 7.38. The van der Waals surface area contributed by atoms with Crippen LogP contribution in [0.15, 0.2) is 60.7 Å². The highest BCUT2D eigenvalue weighted by Crippen LogP contribution is 2.27. The highest BCUT2D eigenvalue weighted by atomic mass is 16.5. The summed E-state index contributed by atoms with van der Waals surface area (Å²) in [6.45, 7) is 0.928. The average molecular weight is 522 g/mol. The maximum atomic E-state index is 13.5. The van der Waals surface area contributed by atoms with Crippen LogP contribution in [0.25, 0.3) is 0 Å². The number of benzene rings is 2. The quantitative estimate of drug-likeness (QED) is 0.459. The lowest BCUT2D eigenvalue weighted by Crippen LogP contribution is -2.54. The van der Waals surface area contributed by atoms with Crippen LogP contribution in [0.2, 0.25) is 0 Å². The smallest absolute Gasteiger partial charge is 0.329 e. The van der Waals surface area contributed by atoms with Crippen molar-refractivity contribution < 1.29 is 29.0 Å². The van der Waals surface area contributed by atoms with Crippen molar-refractivity contribution in [2.75, 3.05) is 13.1 Å². The van der Waals surface area contributed by atoms with Crippen LogP contribution < -0.4 is 5.73 Å². The maximum absolute atomic E-state index is 13.5. The minimum atomic E-state index is -1.04. The third-order valence-corrected chi connectivity index (χ3v) is 7.38. The lowest BCUT2D eigenvalue weighted by molar-refractivity contribution is -0.156. The number of hydrogen-bond acceptors (Lipinski definition) is 6. The first-order chi connectivity index (χ1) is 18.3. The molecule has 2 heterocycles. The number of nitrogens with zero attached hydrogens (tertiary/aromatic N) is 2. The first kappa shape index (κ1) is 27.3. The van der Waals surface area contributed by atoms with E-state index in [-0.39, 0.29) is 25.4 Å². The van der Waals surface area contributed by atoms with Crippen molar-refractivity contribution in [1.82, 2.24) is 9.80 Å². The van der Waals surface area contributed by atoms with Crippen LogP contribution in [-0.4, -0.2) is 69.9 Å². The minimum Gasteiger partial charge on any atom is -0.481 e. The number of carbonyl (C=O) groups is 4. The van der Waals surface area contributed by atoms with Crippen molar-refractivity contribution in [2.24, 2.45) is 11.7 Å². The molecule has 3 N–H and O–H groups in total. The Balaban J connectivity index is 1.37. The van der Waals surface area contributed by atoms with Gasteiger partial charge < -0.3 is 25.4 Å². The van der Waals surface area contributed by atoms with E-state index in [1.54, 1.807) is 0 Å². The molecule has 2 saturated heterocycles. The van der Waals surface area contributed by atoms with Gasteiger partial charge in [0.1, 0.15) is 18.7 Å². The predicted octanol–water partition coefficient (Wildman–Crippen LogP) is 2.37. The molecule has 4 atom stereocenters. The van der Waals surface area contributed by atoms with Gasteiger partial charge in [0, 0.05) is 13.1 Å². The van der Waals surface area contributed by atoms with E-state index in [4.69, 9.17) is 10.5 Å². The van der Waals surface area contributed by atoms with Crippen molar-refractivity contribution >= 4 is 23.8 Å². The summed E-state index contributed by atoms with van der Waals surface area (Å²) in [6.07, 6.45) is 2.54. The molecule has 38 heavy (non-hydrogen) atoms. The van der Waals surface area contributed by atoms with Gasteiger partial charge in [-0.15, -0.1) is 0 Å². The van der Waals surface area contributed by atoms with Crippen LogP contribution in [0.5, 0.6) is 0 Å². The second kappa shape index (κ2) is 12.7. The van der Waals surface area contributed by atoms with Crippen molar-refractivity contribution in [3.05, 3.63) is 71.8 Å². The van der Waals surface area contributed by atoms with Gasteiger partial charge in [-0.3, -0.25) is 14.4 Å². The van der Waals surface area contributed by atoms with Crippen LogP contribution in [0.4, 0.5) is 0 Å². The van der Waals surface area contributed by atoms with Gasteiger partial charge in [-0.1, -0.05) is 60.7 Å². The number of rotatable bonds is 10. The van der Waals surface area contributed by atoms with Crippen LogP contribution >= 0.6 is 0 Å². The van der Waals surface area contributed by atoms with Crippen molar-refractivity contribution in [1.29, 1.82) is 0 Å². The number of nitrogens with two attached hydrogens (primary N) is 1. The van der Waals surface area contributed by atoms with Crippen molar-refractivity contribution in [2.45, 2.75) is 63.3 Å². The first-order valence-electron chi connectivity index (χ1n) is 13.2. The highest BCUT2D eigenvalue weighted by Gasteiger charge is 2.43. The van der Waals surface area contributed by atoms with E-state index in [9.17, 15) is 24.3 Å². The van der Waals surface area contributed by atoms with E-state index < -0.39 is 41.9 Å². The van der Waals surface area contributed by atoms with Gasteiger partial charge in [0.15, 0.2) is 0 Å². The summed E-state index contributed by atoms with van der Waals surface area (Å²) in [7, 11) is 0. The number of likely N-dealkylation sites (tertiary alicyclic amines) is 2. The zero-order valence-corrected chi connectivity index (χ0v) is 21.4. The van der Waals surface area contributed by atoms with Gasteiger partial charge in [0.05, 0.1) is 12.0 Å². The third kappa shape index (κ3) is 6.58. The minimum absolute atomic E-state index is 0.0291. The van der Waals surface area contributed by atoms with Gasteiger partial charge in [0.25, 0.3) is 0 Å². The number of carboxylic acid groups (broad SMARTS) is 1. The molecular weight excluding hydrogens is 486 g/mol. The summed E-state index contributed by atoms with van der Waals surface area (Å²) in [5.41, 5.74) is 7.94. The number of amides is 2. The summed E-state index contributed by atoms with van der Waals surface area (Å²) in [5.74, 6) is -2.99. The average Bonchev–Trinajstić information content (AvgIpc) is 3.62. The molecule has 202 valence electrons. The summed E-state index contributed by atoms with van der Waals surface area (Å²) in [4.78, 5) is 54.6. The van der Waals surface area contributed by atoms with Crippen LogP contribution in [0.1, 0.15) is 43.2 Å². The number of esters is 1. The summed E-state index contributed by atoms with van der Waals surface area (Å²) in [5, 5.41) is 9.73. The van der Waals surface area contributed by atoms with Gasteiger partial charge in [-0.2, -0.15) is 0 Å². The molecule has 0 bridgehead atoms. The van der Waals surface area contributed by atoms with E-state index in [1.165, 1.54) is 9.80 Å². The standard InChI is InChI=1S/C29H35N3O6/c30-23(18-22(28(35)36)17-20-9-3-1-4-10-20)26(33)31-15-7-13-24(31)27(34)32-16-8-14-25(32)29(37)38-19-21-11-5-2-6-12-21/h1-6,9-12,22-25H,7-8,13-19,30H2,(H,35,36)/t22?,23-,24-,25-/m0/s1. The molecule has 0 spiro atoms. The lowest BCUT2D eigenvalue weighted by Gasteiger charge is -2.32. The lowest BCUT2D eigenvalue weighted by atomic mass is 9.92. The van der Waals surface area contributed by atoms with E-state index in [1.807, 2.05) is 60.7 Å². The van der Waals surface area contributed by atoms with Gasteiger partial charge >= 0.3 is 11.9 Å². The molecule has 1 unspecified atom stereocenters. The highest BCUT2D eigenvalue weighted by molar-refractivity contribution is 5.93. The Kier molecular flexibility index (Phi) is 9.12. The second-order valence-corrected chi connectivity index (χ2v) is 10.0. The van der Waals surface area contributed by atoms with Crippen LogP contribution in [0.3, 0.4) is 0 Å². The molecular formula is C29H35N3O6. The fraction of sp³-hybridized carbons (Fsp3) is 0.448. The van der Waals surface area contributed by atoms with Gasteiger partial charge in [0.2, 0.25) is 11.8 Å². The molecule has 2 aliphatic heterocycles. The molecule has 2 aliphatic rings. The Hall–Kier alpha value is -3.72. The summed E-state index contributed by atoms with van der Waals surface area (Å²) >= 11 is 0. The van der Waals surface area contributed by atoms with Crippen LogP contribution in [-0.2, 0) is 36.9 Å². The predicted molar refractivity (Wildman–Crippen MR) is 140 cm³/mol. The molecule has 2 aromatic rings. The number of carbonyl (C=O) groups excluding carboxylic acids is 3. The largest absolute Gasteiger partial charge is 0.481 e. The molecule has 2 amide bonds. The molecule has 2 fully saturated rings.